The number of likely N-dealkylation sites (N-methyl/N-ethyl adjacent to an activating group) is 1. The third kappa shape index (κ3) is 4.46. The number of pyridine rings is 1. The van der Waals surface area contributed by atoms with Gasteiger partial charge in [-0.25, -0.2) is 0 Å². The summed E-state index contributed by atoms with van der Waals surface area (Å²) in [5, 5.41) is 1.03. The van der Waals surface area contributed by atoms with Gasteiger partial charge in [0.2, 0.25) is 5.91 Å². The van der Waals surface area contributed by atoms with Gasteiger partial charge < -0.3 is 14.4 Å². The molecule has 0 N–H and O–H groups in total. The van der Waals surface area contributed by atoms with Crippen LogP contribution in [0.1, 0.15) is 44.6 Å². The zero-order valence-corrected chi connectivity index (χ0v) is 17.6. The lowest BCUT2D eigenvalue weighted by Gasteiger charge is -2.35. The van der Waals surface area contributed by atoms with E-state index in [2.05, 4.69) is 11.8 Å². The molecule has 0 radical (unpaired) electrons. The van der Waals surface area contributed by atoms with Crippen LogP contribution in [0, 0.1) is 5.92 Å². The molecule has 28 heavy (non-hydrogen) atoms. The summed E-state index contributed by atoms with van der Waals surface area (Å²) >= 11 is 0. The first-order valence-electron chi connectivity index (χ1n) is 10.4. The maximum Gasteiger partial charge on any atom is 0.255 e. The summed E-state index contributed by atoms with van der Waals surface area (Å²) in [6.07, 6.45) is 5.43. The van der Waals surface area contributed by atoms with Gasteiger partial charge in [0.15, 0.2) is 0 Å². The summed E-state index contributed by atoms with van der Waals surface area (Å²) in [4.78, 5) is 30.4. The van der Waals surface area contributed by atoms with Gasteiger partial charge in [-0.05, 0) is 51.4 Å². The first-order chi connectivity index (χ1) is 13.4. The molecule has 1 atom stereocenters. The number of nitrogens with zero attached hydrogens (tertiary/aromatic N) is 3. The van der Waals surface area contributed by atoms with E-state index in [1.807, 2.05) is 56.4 Å². The van der Waals surface area contributed by atoms with Gasteiger partial charge in [0.05, 0.1) is 12.1 Å². The number of aryl methyl sites for hydroxylation is 1. The number of carbonyl (C=O) groups excluding carboxylic acids is 1. The SMILES string of the molecule is CC(CN(C)C)N(Cc1cc2ccccc2n(C)c1=O)C(=O)C1CCCCC1. The summed E-state index contributed by atoms with van der Waals surface area (Å²) in [6, 6.07) is 9.92. The lowest BCUT2D eigenvalue weighted by atomic mass is 9.88. The maximum atomic E-state index is 13.4. The molecule has 0 saturated heterocycles. The molecule has 0 spiro atoms. The molecule has 0 bridgehead atoms. The van der Waals surface area contributed by atoms with Crippen LogP contribution in [0.25, 0.3) is 10.9 Å². The standard InChI is InChI=1S/C23H33N3O2/c1-17(15-24(2)3)26(23(28)18-10-6-5-7-11-18)16-20-14-19-12-8-9-13-21(19)25(4)22(20)27/h8-9,12-14,17-18H,5-7,10-11,15-16H2,1-4H3. The number of aromatic nitrogens is 1. The minimum atomic E-state index is -0.0165. The van der Waals surface area contributed by atoms with E-state index < -0.39 is 0 Å². The Kier molecular flexibility index (Phi) is 6.55. The number of hydrogen-bond acceptors (Lipinski definition) is 3. The van der Waals surface area contributed by atoms with Crippen LogP contribution < -0.4 is 5.56 Å². The molecule has 1 fully saturated rings. The summed E-state index contributed by atoms with van der Waals surface area (Å²) in [6.45, 7) is 3.25. The lowest BCUT2D eigenvalue weighted by molar-refractivity contribution is -0.139. The van der Waals surface area contributed by atoms with E-state index in [-0.39, 0.29) is 23.4 Å². The third-order valence-electron chi connectivity index (χ3n) is 5.95. The second-order valence-electron chi connectivity index (χ2n) is 8.50. The van der Waals surface area contributed by atoms with Crippen LogP contribution in [0.15, 0.2) is 35.1 Å². The van der Waals surface area contributed by atoms with E-state index >= 15 is 0 Å². The Labute approximate surface area is 167 Å². The molecule has 1 aliphatic carbocycles. The summed E-state index contributed by atoms with van der Waals surface area (Å²) in [5.74, 6) is 0.312. The molecule has 2 aromatic rings. The van der Waals surface area contributed by atoms with Crippen molar-refractivity contribution in [2.45, 2.75) is 51.6 Å². The van der Waals surface area contributed by atoms with E-state index in [0.29, 0.717) is 12.1 Å². The van der Waals surface area contributed by atoms with Gasteiger partial charge in [-0.15, -0.1) is 0 Å². The molecule has 5 heteroatoms. The van der Waals surface area contributed by atoms with Crippen molar-refractivity contribution in [3.05, 3.63) is 46.2 Å². The van der Waals surface area contributed by atoms with Gasteiger partial charge in [0.25, 0.3) is 5.56 Å². The molecule has 1 amide bonds. The van der Waals surface area contributed by atoms with Gasteiger partial charge in [-0.3, -0.25) is 9.59 Å². The zero-order valence-electron chi connectivity index (χ0n) is 17.6. The molecule has 5 nitrogen and oxygen atoms in total. The summed E-state index contributed by atoms with van der Waals surface area (Å²) < 4.78 is 1.70. The van der Waals surface area contributed by atoms with Crippen molar-refractivity contribution < 1.29 is 4.79 Å². The first kappa shape index (κ1) is 20.6. The Morgan fingerprint density at radius 1 is 1.18 bits per heavy atom. The Bertz CT molecular complexity index is 881. The fourth-order valence-corrected chi connectivity index (χ4v) is 4.45. The van der Waals surface area contributed by atoms with Crippen LogP contribution in [0.5, 0.6) is 0 Å². The predicted molar refractivity (Wildman–Crippen MR) is 114 cm³/mol. The van der Waals surface area contributed by atoms with Crippen molar-refractivity contribution >= 4 is 16.8 Å². The Morgan fingerprint density at radius 3 is 2.54 bits per heavy atom. The van der Waals surface area contributed by atoms with E-state index in [9.17, 15) is 9.59 Å². The van der Waals surface area contributed by atoms with Crippen molar-refractivity contribution in [1.29, 1.82) is 0 Å². The van der Waals surface area contributed by atoms with Crippen LogP contribution in [0.3, 0.4) is 0 Å². The molecular formula is C23H33N3O2. The number of hydrogen-bond donors (Lipinski definition) is 0. The lowest BCUT2D eigenvalue weighted by Crippen LogP contribution is -2.47. The predicted octanol–water partition coefficient (Wildman–Crippen LogP) is 3.40. The number of carbonyl (C=O) groups is 1. The van der Waals surface area contributed by atoms with E-state index in [4.69, 9.17) is 0 Å². The smallest absolute Gasteiger partial charge is 0.255 e. The van der Waals surface area contributed by atoms with Crippen LogP contribution in [-0.2, 0) is 18.4 Å². The molecule has 1 saturated carbocycles. The van der Waals surface area contributed by atoms with Crippen LogP contribution in [0.4, 0.5) is 0 Å². The minimum Gasteiger partial charge on any atom is -0.334 e. The van der Waals surface area contributed by atoms with Crippen molar-refractivity contribution in [1.82, 2.24) is 14.4 Å². The van der Waals surface area contributed by atoms with Crippen molar-refractivity contribution in [3.63, 3.8) is 0 Å². The topological polar surface area (TPSA) is 45.5 Å². The summed E-state index contributed by atoms with van der Waals surface area (Å²) in [5.41, 5.74) is 1.59. The average Bonchev–Trinajstić information content (AvgIpc) is 2.69. The zero-order chi connectivity index (χ0) is 20.3. The van der Waals surface area contributed by atoms with Crippen molar-refractivity contribution in [3.8, 4) is 0 Å². The van der Waals surface area contributed by atoms with Crippen molar-refractivity contribution in [2.75, 3.05) is 20.6 Å². The van der Waals surface area contributed by atoms with E-state index in [1.54, 1.807) is 4.57 Å². The fraction of sp³-hybridized carbons (Fsp3) is 0.565. The summed E-state index contributed by atoms with van der Waals surface area (Å²) in [7, 11) is 5.86. The molecular weight excluding hydrogens is 350 g/mol. The molecule has 152 valence electrons. The molecule has 3 rings (SSSR count). The monoisotopic (exact) mass is 383 g/mol. The molecule has 1 unspecified atom stereocenters. The van der Waals surface area contributed by atoms with Gasteiger partial charge >= 0.3 is 0 Å². The Hall–Kier alpha value is -2.14. The van der Waals surface area contributed by atoms with Gasteiger partial charge in [-0.1, -0.05) is 37.5 Å². The maximum absolute atomic E-state index is 13.4. The number of fused-ring (bicyclic) bond motifs is 1. The number of benzene rings is 1. The second kappa shape index (κ2) is 8.91. The number of amides is 1. The molecule has 0 aliphatic heterocycles. The Morgan fingerprint density at radius 2 is 1.86 bits per heavy atom. The highest BCUT2D eigenvalue weighted by molar-refractivity contribution is 5.81. The van der Waals surface area contributed by atoms with Crippen molar-refractivity contribution in [2.24, 2.45) is 13.0 Å². The highest BCUT2D eigenvalue weighted by atomic mass is 16.2. The van der Waals surface area contributed by atoms with Gasteiger partial charge in [0, 0.05) is 31.1 Å². The number of para-hydroxylation sites is 1. The van der Waals surface area contributed by atoms with Gasteiger partial charge in [0.1, 0.15) is 0 Å². The molecule has 1 aromatic carbocycles. The average molecular weight is 384 g/mol. The number of rotatable bonds is 6. The van der Waals surface area contributed by atoms with E-state index in [1.165, 1.54) is 6.42 Å². The Balaban J connectivity index is 1.94. The quantitative estimate of drug-likeness (QED) is 0.768. The largest absolute Gasteiger partial charge is 0.334 e. The second-order valence-corrected chi connectivity index (χ2v) is 8.50. The molecule has 1 aromatic heterocycles. The van der Waals surface area contributed by atoms with Crippen LogP contribution in [0.2, 0.25) is 0 Å². The van der Waals surface area contributed by atoms with Gasteiger partial charge in [-0.2, -0.15) is 0 Å². The fourth-order valence-electron chi connectivity index (χ4n) is 4.45. The van der Waals surface area contributed by atoms with Crippen LogP contribution in [-0.4, -0.2) is 47.0 Å². The van der Waals surface area contributed by atoms with E-state index in [0.717, 1.165) is 43.1 Å². The van der Waals surface area contributed by atoms with Crippen LogP contribution >= 0.6 is 0 Å². The first-order valence-corrected chi connectivity index (χ1v) is 10.4. The minimum absolute atomic E-state index is 0.0165. The normalized spacial score (nSPS) is 16.5. The molecule has 1 aliphatic rings. The molecule has 1 heterocycles. The highest BCUT2D eigenvalue weighted by Gasteiger charge is 2.29. The highest BCUT2D eigenvalue weighted by Crippen LogP contribution is 2.27. The third-order valence-corrected chi connectivity index (χ3v) is 5.95.